The molecule has 4 heterocycles. The summed E-state index contributed by atoms with van der Waals surface area (Å²) in [5.74, 6) is 1.11. The van der Waals surface area contributed by atoms with Gasteiger partial charge in [-0.25, -0.2) is 9.97 Å². The first kappa shape index (κ1) is 22.6. The number of nitrogens with one attached hydrogen (secondary N) is 1. The fraction of sp³-hybridized carbons (Fsp3) is 0.556. The Morgan fingerprint density at radius 3 is 2.69 bits per heavy atom. The van der Waals surface area contributed by atoms with Crippen molar-refractivity contribution in [1.82, 2.24) is 30.0 Å². The Balaban J connectivity index is 1.34. The molecule has 2 saturated carbocycles. The molecular formula is C27H34N6O2. The maximum Gasteiger partial charge on any atom is 0.252 e. The molecule has 8 nitrogen and oxygen atoms in total. The molecule has 3 aromatic rings. The van der Waals surface area contributed by atoms with Crippen LogP contribution in [0.1, 0.15) is 72.6 Å². The van der Waals surface area contributed by atoms with E-state index in [1.807, 2.05) is 31.2 Å². The standard InChI is InChI=1S/C27H34N6O2/c1-19-24-21(26(34)29-18-27(10-4-2-5-11-27)32-13-15-35-16-14-32)17-22(20-8-9-20)30-25(24)33(31-19)23-7-3-6-12-28-23/h3,6-7,12,17,20H,2,4-5,8-11,13-16,18H2,1H3,(H,29,34). The van der Waals surface area contributed by atoms with E-state index in [4.69, 9.17) is 14.8 Å². The van der Waals surface area contributed by atoms with Crippen LogP contribution >= 0.6 is 0 Å². The number of nitrogens with zero attached hydrogens (tertiary/aromatic N) is 5. The number of carbonyl (C=O) groups is 1. The number of aryl methyl sites for hydroxylation is 1. The van der Waals surface area contributed by atoms with Crippen LogP contribution in [-0.2, 0) is 4.74 Å². The van der Waals surface area contributed by atoms with Gasteiger partial charge in [0.2, 0.25) is 0 Å². The molecule has 1 saturated heterocycles. The third-order valence-electron chi connectivity index (χ3n) is 7.98. The molecule has 3 fully saturated rings. The van der Waals surface area contributed by atoms with Crippen LogP contribution in [0.25, 0.3) is 16.9 Å². The fourth-order valence-corrected chi connectivity index (χ4v) is 5.91. The summed E-state index contributed by atoms with van der Waals surface area (Å²) >= 11 is 0. The quantitative estimate of drug-likeness (QED) is 0.586. The highest BCUT2D eigenvalue weighted by atomic mass is 16.5. The normalized spacial score (nSPS) is 20.7. The van der Waals surface area contributed by atoms with Gasteiger partial charge < -0.3 is 10.1 Å². The van der Waals surface area contributed by atoms with Crippen molar-refractivity contribution in [2.24, 2.45) is 0 Å². The van der Waals surface area contributed by atoms with Crippen LogP contribution in [0, 0.1) is 6.92 Å². The Hall–Kier alpha value is -2.84. The topological polar surface area (TPSA) is 85.2 Å². The van der Waals surface area contributed by atoms with Gasteiger partial charge in [0.1, 0.15) is 0 Å². The zero-order valence-electron chi connectivity index (χ0n) is 20.5. The third kappa shape index (κ3) is 4.34. The molecule has 184 valence electrons. The van der Waals surface area contributed by atoms with Crippen molar-refractivity contribution in [1.29, 1.82) is 0 Å². The first-order chi connectivity index (χ1) is 17.1. The second kappa shape index (κ2) is 9.32. The zero-order chi connectivity index (χ0) is 23.8. The summed E-state index contributed by atoms with van der Waals surface area (Å²) in [5.41, 5.74) is 3.21. The first-order valence-electron chi connectivity index (χ1n) is 13.1. The van der Waals surface area contributed by atoms with Crippen molar-refractivity contribution in [3.8, 4) is 5.82 Å². The van der Waals surface area contributed by atoms with E-state index in [0.717, 1.165) is 74.4 Å². The van der Waals surface area contributed by atoms with Crippen LogP contribution in [0.5, 0.6) is 0 Å². The minimum Gasteiger partial charge on any atom is -0.379 e. The van der Waals surface area contributed by atoms with Gasteiger partial charge in [0.25, 0.3) is 5.91 Å². The maximum absolute atomic E-state index is 13.8. The van der Waals surface area contributed by atoms with Crippen molar-refractivity contribution >= 4 is 16.9 Å². The van der Waals surface area contributed by atoms with E-state index in [1.165, 1.54) is 19.3 Å². The van der Waals surface area contributed by atoms with Gasteiger partial charge in [-0.05, 0) is 50.8 Å². The van der Waals surface area contributed by atoms with E-state index in [-0.39, 0.29) is 11.4 Å². The number of fused-ring (bicyclic) bond motifs is 1. The van der Waals surface area contributed by atoms with Gasteiger partial charge in [-0.1, -0.05) is 25.3 Å². The lowest BCUT2D eigenvalue weighted by molar-refractivity contribution is -0.0361. The molecular weight excluding hydrogens is 440 g/mol. The van der Waals surface area contributed by atoms with Crippen LogP contribution in [0.3, 0.4) is 0 Å². The van der Waals surface area contributed by atoms with Crippen molar-refractivity contribution in [2.75, 3.05) is 32.8 Å². The summed E-state index contributed by atoms with van der Waals surface area (Å²) in [6.45, 7) is 6.05. The SMILES string of the molecule is Cc1nn(-c2ccccn2)c2nc(C3CC3)cc(C(=O)NCC3(N4CCOCC4)CCCCC3)c12. The number of hydrogen-bond donors (Lipinski definition) is 1. The van der Waals surface area contributed by atoms with Gasteiger partial charge in [-0.3, -0.25) is 9.69 Å². The Labute approximate surface area is 206 Å². The molecule has 1 N–H and O–H groups in total. The summed E-state index contributed by atoms with van der Waals surface area (Å²) in [6, 6.07) is 7.76. The monoisotopic (exact) mass is 474 g/mol. The molecule has 1 amide bonds. The Bertz CT molecular complexity index is 1210. The lowest BCUT2D eigenvalue weighted by Gasteiger charge is -2.48. The first-order valence-corrected chi connectivity index (χ1v) is 13.1. The van der Waals surface area contributed by atoms with Crippen molar-refractivity contribution in [3.05, 3.63) is 47.4 Å². The molecule has 35 heavy (non-hydrogen) atoms. The molecule has 0 unspecified atom stereocenters. The van der Waals surface area contributed by atoms with E-state index >= 15 is 0 Å². The number of pyridine rings is 2. The third-order valence-corrected chi connectivity index (χ3v) is 7.98. The molecule has 6 rings (SSSR count). The summed E-state index contributed by atoms with van der Waals surface area (Å²) in [6.07, 6.45) is 9.97. The Morgan fingerprint density at radius 2 is 1.97 bits per heavy atom. The molecule has 1 aliphatic heterocycles. The van der Waals surface area contributed by atoms with E-state index in [0.29, 0.717) is 23.8 Å². The molecule has 0 bridgehead atoms. The highest BCUT2D eigenvalue weighted by Gasteiger charge is 2.39. The van der Waals surface area contributed by atoms with Crippen molar-refractivity contribution < 1.29 is 9.53 Å². The number of aromatic nitrogens is 4. The van der Waals surface area contributed by atoms with Gasteiger partial charge in [-0.15, -0.1) is 0 Å². The molecule has 3 aliphatic rings. The van der Waals surface area contributed by atoms with Crippen LogP contribution in [0.15, 0.2) is 30.5 Å². The summed E-state index contributed by atoms with van der Waals surface area (Å²) in [7, 11) is 0. The Morgan fingerprint density at radius 1 is 1.17 bits per heavy atom. The predicted molar refractivity (Wildman–Crippen MR) is 134 cm³/mol. The van der Waals surface area contributed by atoms with Crippen molar-refractivity contribution in [3.63, 3.8) is 0 Å². The van der Waals surface area contributed by atoms with Gasteiger partial charge in [-0.2, -0.15) is 9.78 Å². The second-order valence-electron chi connectivity index (χ2n) is 10.3. The van der Waals surface area contributed by atoms with Gasteiger partial charge in [0.05, 0.1) is 29.9 Å². The van der Waals surface area contributed by atoms with Gasteiger partial charge in [0.15, 0.2) is 11.5 Å². The van der Waals surface area contributed by atoms with E-state index in [9.17, 15) is 4.79 Å². The van der Waals surface area contributed by atoms with Crippen LogP contribution < -0.4 is 5.32 Å². The predicted octanol–water partition coefficient (Wildman–Crippen LogP) is 3.77. The highest BCUT2D eigenvalue weighted by Crippen LogP contribution is 2.41. The molecule has 0 radical (unpaired) electrons. The molecule has 8 heteroatoms. The smallest absolute Gasteiger partial charge is 0.252 e. The lowest BCUT2D eigenvalue weighted by Crippen LogP contribution is -2.59. The van der Waals surface area contributed by atoms with Crippen LogP contribution in [0.2, 0.25) is 0 Å². The number of morpholine rings is 1. The van der Waals surface area contributed by atoms with E-state index in [1.54, 1.807) is 10.9 Å². The minimum atomic E-state index is -0.0267. The molecule has 0 atom stereocenters. The maximum atomic E-state index is 13.8. The molecule has 3 aromatic heterocycles. The van der Waals surface area contributed by atoms with Crippen LogP contribution in [0.4, 0.5) is 0 Å². The highest BCUT2D eigenvalue weighted by molar-refractivity contribution is 6.06. The molecule has 0 spiro atoms. The van der Waals surface area contributed by atoms with E-state index < -0.39 is 0 Å². The average Bonchev–Trinajstić information content (AvgIpc) is 3.72. The number of carbonyl (C=O) groups excluding carboxylic acids is 1. The van der Waals surface area contributed by atoms with Gasteiger partial charge >= 0.3 is 0 Å². The summed E-state index contributed by atoms with van der Waals surface area (Å²) in [5, 5.41) is 8.93. The number of amides is 1. The molecule has 2 aliphatic carbocycles. The zero-order valence-corrected chi connectivity index (χ0v) is 20.5. The van der Waals surface area contributed by atoms with E-state index in [2.05, 4.69) is 15.2 Å². The lowest BCUT2D eigenvalue weighted by atomic mass is 9.79. The molecule has 0 aromatic carbocycles. The minimum absolute atomic E-state index is 0.0242. The number of rotatable bonds is 6. The van der Waals surface area contributed by atoms with Gasteiger partial charge in [0, 0.05) is 43.0 Å². The summed E-state index contributed by atoms with van der Waals surface area (Å²) in [4.78, 5) is 25.8. The Kier molecular flexibility index (Phi) is 6.02. The van der Waals surface area contributed by atoms with Crippen molar-refractivity contribution in [2.45, 2.75) is 63.3 Å². The average molecular weight is 475 g/mol. The second-order valence-corrected chi connectivity index (χ2v) is 10.3. The largest absolute Gasteiger partial charge is 0.379 e. The number of ether oxygens (including phenoxy) is 1. The van der Waals surface area contributed by atoms with Crippen LogP contribution in [-0.4, -0.2) is 68.9 Å². The number of hydrogen-bond acceptors (Lipinski definition) is 6. The fourth-order valence-electron chi connectivity index (χ4n) is 5.91. The summed E-state index contributed by atoms with van der Waals surface area (Å²) < 4.78 is 7.40.